The molecular formula is C21H21N3O3S. The predicted molar refractivity (Wildman–Crippen MR) is 108 cm³/mol. The van der Waals surface area contributed by atoms with E-state index in [-0.39, 0.29) is 24.1 Å². The van der Waals surface area contributed by atoms with Crippen molar-refractivity contribution in [1.82, 2.24) is 14.9 Å². The van der Waals surface area contributed by atoms with Crippen molar-refractivity contribution in [3.63, 3.8) is 0 Å². The number of benzene rings is 1. The number of hydrogen-bond donors (Lipinski definition) is 1. The third kappa shape index (κ3) is 4.14. The third-order valence-corrected chi connectivity index (χ3v) is 5.50. The maximum absolute atomic E-state index is 12.8. The SMILES string of the molecule is O=C(COc1ccccc1)N1CCCC[C@@H]1c1nc(-c2ccsc2)cc(=O)[nH]1. The van der Waals surface area contributed by atoms with Gasteiger partial charge in [0.05, 0.1) is 11.7 Å². The molecule has 1 amide bonds. The summed E-state index contributed by atoms with van der Waals surface area (Å²) in [4.78, 5) is 34.3. The average molecular weight is 395 g/mol. The van der Waals surface area contributed by atoms with Crippen LogP contribution in [0.2, 0.25) is 0 Å². The number of aromatic nitrogens is 2. The molecule has 1 aliphatic rings. The van der Waals surface area contributed by atoms with Crippen molar-refractivity contribution in [1.29, 1.82) is 0 Å². The van der Waals surface area contributed by atoms with Gasteiger partial charge in [0.25, 0.3) is 11.5 Å². The quantitative estimate of drug-likeness (QED) is 0.716. The Hall–Kier alpha value is -2.93. The molecule has 4 rings (SSSR count). The summed E-state index contributed by atoms with van der Waals surface area (Å²) in [5.41, 5.74) is 1.35. The monoisotopic (exact) mass is 395 g/mol. The number of nitrogens with zero attached hydrogens (tertiary/aromatic N) is 2. The van der Waals surface area contributed by atoms with E-state index in [9.17, 15) is 9.59 Å². The second-order valence-electron chi connectivity index (χ2n) is 6.73. The second-order valence-corrected chi connectivity index (χ2v) is 7.51. The zero-order valence-electron chi connectivity index (χ0n) is 15.3. The van der Waals surface area contributed by atoms with Gasteiger partial charge in [-0.15, -0.1) is 0 Å². The number of likely N-dealkylation sites (tertiary alicyclic amines) is 1. The molecule has 0 unspecified atom stereocenters. The molecule has 3 heterocycles. The van der Waals surface area contributed by atoms with Gasteiger partial charge < -0.3 is 14.6 Å². The first-order chi connectivity index (χ1) is 13.7. The molecule has 144 valence electrons. The van der Waals surface area contributed by atoms with Gasteiger partial charge in [-0.05, 0) is 42.8 Å². The Morgan fingerprint density at radius 2 is 2.11 bits per heavy atom. The fourth-order valence-electron chi connectivity index (χ4n) is 3.45. The summed E-state index contributed by atoms with van der Waals surface area (Å²) in [6.07, 6.45) is 2.69. The summed E-state index contributed by atoms with van der Waals surface area (Å²) in [6, 6.07) is 12.5. The van der Waals surface area contributed by atoms with Crippen LogP contribution in [-0.2, 0) is 4.79 Å². The Morgan fingerprint density at radius 1 is 1.25 bits per heavy atom. The van der Waals surface area contributed by atoms with E-state index in [1.54, 1.807) is 16.2 Å². The fourth-order valence-corrected chi connectivity index (χ4v) is 4.10. The molecule has 1 aliphatic heterocycles. The summed E-state index contributed by atoms with van der Waals surface area (Å²) < 4.78 is 5.63. The number of thiophene rings is 1. The number of hydrogen-bond acceptors (Lipinski definition) is 5. The minimum Gasteiger partial charge on any atom is -0.484 e. The molecule has 7 heteroatoms. The zero-order valence-corrected chi connectivity index (χ0v) is 16.2. The molecule has 6 nitrogen and oxygen atoms in total. The number of amides is 1. The standard InChI is InChI=1S/C21H21N3O3S/c25-19-12-17(15-9-11-28-14-15)22-21(23-19)18-8-4-5-10-24(18)20(26)13-27-16-6-2-1-3-7-16/h1-3,6-7,9,11-12,14,18H,4-5,8,10,13H2,(H,22,23,25)/t18-/m1/s1. The van der Waals surface area contributed by atoms with Crippen LogP contribution in [-0.4, -0.2) is 33.9 Å². The van der Waals surface area contributed by atoms with Gasteiger partial charge in [-0.3, -0.25) is 9.59 Å². The van der Waals surface area contributed by atoms with Gasteiger partial charge in [0.15, 0.2) is 6.61 Å². The number of ether oxygens (including phenoxy) is 1. The van der Waals surface area contributed by atoms with Crippen LogP contribution in [0.1, 0.15) is 31.1 Å². The van der Waals surface area contributed by atoms with E-state index < -0.39 is 0 Å². The van der Waals surface area contributed by atoms with Gasteiger partial charge in [-0.1, -0.05) is 18.2 Å². The summed E-state index contributed by atoms with van der Waals surface area (Å²) >= 11 is 1.56. The van der Waals surface area contributed by atoms with Gasteiger partial charge in [0.2, 0.25) is 0 Å². The smallest absolute Gasteiger partial charge is 0.261 e. The first-order valence-electron chi connectivity index (χ1n) is 9.32. The summed E-state index contributed by atoms with van der Waals surface area (Å²) in [7, 11) is 0. The maximum Gasteiger partial charge on any atom is 0.261 e. The van der Waals surface area contributed by atoms with E-state index >= 15 is 0 Å². The van der Waals surface area contributed by atoms with E-state index in [0.717, 1.165) is 24.8 Å². The van der Waals surface area contributed by atoms with Crippen molar-refractivity contribution >= 4 is 17.2 Å². The molecule has 28 heavy (non-hydrogen) atoms. The van der Waals surface area contributed by atoms with E-state index in [2.05, 4.69) is 9.97 Å². The van der Waals surface area contributed by atoms with Crippen molar-refractivity contribution in [2.24, 2.45) is 0 Å². The molecule has 2 aromatic heterocycles. The lowest BCUT2D eigenvalue weighted by atomic mass is 10.0. The lowest BCUT2D eigenvalue weighted by Crippen LogP contribution is -2.42. The number of H-pyrrole nitrogens is 1. The second kappa shape index (κ2) is 8.39. The van der Waals surface area contributed by atoms with Crippen LogP contribution in [0.25, 0.3) is 11.3 Å². The van der Waals surface area contributed by atoms with Crippen molar-refractivity contribution in [2.45, 2.75) is 25.3 Å². The van der Waals surface area contributed by atoms with Crippen LogP contribution in [0.4, 0.5) is 0 Å². The highest BCUT2D eigenvalue weighted by Gasteiger charge is 2.30. The fraction of sp³-hybridized carbons (Fsp3) is 0.286. The number of carbonyl (C=O) groups excluding carboxylic acids is 1. The Morgan fingerprint density at radius 3 is 2.89 bits per heavy atom. The molecule has 1 fully saturated rings. The van der Waals surface area contributed by atoms with Crippen molar-refractivity contribution in [3.05, 3.63) is 69.4 Å². The Bertz CT molecular complexity index is 986. The number of aromatic amines is 1. The number of rotatable bonds is 5. The molecule has 1 aromatic carbocycles. The Balaban J connectivity index is 1.55. The molecule has 0 bridgehead atoms. The van der Waals surface area contributed by atoms with Crippen molar-refractivity contribution in [2.75, 3.05) is 13.2 Å². The molecule has 0 aliphatic carbocycles. The summed E-state index contributed by atoms with van der Waals surface area (Å²) in [6.45, 7) is 0.600. The Kier molecular flexibility index (Phi) is 5.53. The Labute approximate surface area is 166 Å². The number of piperidine rings is 1. The van der Waals surface area contributed by atoms with Crippen LogP contribution in [0.3, 0.4) is 0 Å². The predicted octanol–water partition coefficient (Wildman–Crippen LogP) is 3.63. The minimum atomic E-state index is -0.244. The highest BCUT2D eigenvalue weighted by Crippen LogP contribution is 2.30. The largest absolute Gasteiger partial charge is 0.484 e. The third-order valence-electron chi connectivity index (χ3n) is 4.82. The summed E-state index contributed by atoms with van der Waals surface area (Å²) in [5, 5.41) is 3.91. The van der Waals surface area contributed by atoms with E-state index in [1.165, 1.54) is 6.07 Å². The van der Waals surface area contributed by atoms with Gasteiger partial charge in [-0.25, -0.2) is 4.98 Å². The van der Waals surface area contributed by atoms with Crippen LogP contribution in [0.15, 0.2) is 58.0 Å². The molecule has 3 aromatic rings. The highest BCUT2D eigenvalue weighted by molar-refractivity contribution is 7.08. The topological polar surface area (TPSA) is 75.3 Å². The average Bonchev–Trinajstić information content (AvgIpc) is 3.27. The molecular weight excluding hydrogens is 374 g/mol. The maximum atomic E-state index is 12.8. The first-order valence-corrected chi connectivity index (χ1v) is 10.3. The van der Waals surface area contributed by atoms with Gasteiger partial charge in [0, 0.05) is 23.6 Å². The highest BCUT2D eigenvalue weighted by atomic mass is 32.1. The van der Waals surface area contributed by atoms with Crippen LogP contribution >= 0.6 is 11.3 Å². The normalized spacial score (nSPS) is 16.7. The lowest BCUT2D eigenvalue weighted by molar-refractivity contribution is -0.137. The van der Waals surface area contributed by atoms with Gasteiger partial charge >= 0.3 is 0 Å². The zero-order chi connectivity index (χ0) is 19.3. The van der Waals surface area contributed by atoms with E-state index in [4.69, 9.17) is 4.74 Å². The van der Waals surface area contributed by atoms with Gasteiger partial charge in [0.1, 0.15) is 11.6 Å². The molecule has 1 atom stereocenters. The molecule has 0 spiro atoms. The number of nitrogens with one attached hydrogen (secondary N) is 1. The number of para-hydroxylation sites is 1. The van der Waals surface area contributed by atoms with E-state index in [1.807, 2.05) is 47.2 Å². The molecule has 1 N–H and O–H groups in total. The van der Waals surface area contributed by atoms with Crippen LogP contribution < -0.4 is 10.3 Å². The van der Waals surface area contributed by atoms with Crippen molar-refractivity contribution in [3.8, 4) is 17.0 Å². The lowest BCUT2D eigenvalue weighted by Gasteiger charge is -2.35. The summed E-state index contributed by atoms with van der Waals surface area (Å²) in [5.74, 6) is 1.11. The van der Waals surface area contributed by atoms with Crippen LogP contribution in [0, 0.1) is 0 Å². The van der Waals surface area contributed by atoms with Gasteiger partial charge in [-0.2, -0.15) is 11.3 Å². The molecule has 0 saturated carbocycles. The van der Waals surface area contributed by atoms with E-state index in [0.29, 0.717) is 23.8 Å². The number of carbonyl (C=O) groups is 1. The van der Waals surface area contributed by atoms with Crippen LogP contribution in [0.5, 0.6) is 5.75 Å². The molecule has 0 radical (unpaired) electrons. The molecule has 1 saturated heterocycles. The van der Waals surface area contributed by atoms with Crippen molar-refractivity contribution < 1.29 is 9.53 Å². The first kappa shape index (κ1) is 18.4. The minimum absolute atomic E-state index is 0.0328.